The Morgan fingerprint density at radius 2 is 2.10 bits per heavy atom. The number of carbonyl (C=O) groups excluding carboxylic acids is 1. The highest BCUT2D eigenvalue weighted by atomic mass is 32.2. The summed E-state index contributed by atoms with van der Waals surface area (Å²) in [5, 5.41) is 3.43. The van der Waals surface area contributed by atoms with E-state index in [0.29, 0.717) is 25.0 Å². The molecule has 0 aromatic rings. The number of nitrogens with zero attached hydrogens (tertiary/aromatic N) is 1. The minimum atomic E-state index is -3.78. The molecule has 2 rings (SSSR count). The first-order valence-electron chi connectivity index (χ1n) is 7.19. The number of amides is 1. The molecule has 1 heterocycles. The van der Waals surface area contributed by atoms with Gasteiger partial charge < -0.3 is 10.1 Å². The minimum absolute atomic E-state index is 0.148. The summed E-state index contributed by atoms with van der Waals surface area (Å²) in [6.07, 6.45) is 3.37. The van der Waals surface area contributed by atoms with Gasteiger partial charge in [-0.2, -0.15) is 12.7 Å². The number of hydrogen-bond acceptors (Lipinski definition) is 5. The zero-order valence-electron chi connectivity index (χ0n) is 11.8. The fourth-order valence-corrected chi connectivity index (χ4v) is 3.54. The summed E-state index contributed by atoms with van der Waals surface area (Å²) in [5.41, 5.74) is 0. The van der Waals surface area contributed by atoms with Gasteiger partial charge in [-0.25, -0.2) is 9.52 Å². The van der Waals surface area contributed by atoms with Crippen LogP contribution in [-0.2, 0) is 14.9 Å². The molecule has 1 unspecified atom stereocenters. The zero-order chi connectivity index (χ0) is 14.6. The Bertz CT molecular complexity index is 436. The summed E-state index contributed by atoms with van der Waals surface area (Å²) in [7, 11) is -3.78. The summed E-state index contributed by atoms with van der Waals surface area (Å²) in [6.45, 7) is 3.53. The number of rotatable bonds is 6. The smallest absolute Gasteiger partial charge is 0.421 e. The van der Waals surface area contributed by atoms with Crippen LogP contribution >= 0.6 is 0 Å². The maximum absolute atomic E-state index is 12.1. The molecule has 2 aliphatic rings. The van der Waals surface area contributed by atoms with Crippen LogP contribution in [0.15, 0.2) is 0 Å². The highest BCUT2D eigenvalue weighted by Crippen LogP contribution is 2.22. The molecule has 0 aromatic carbocycles. The van der Waals surface area contributed by atoms with E-state index in [1.54, 1.807) is 6.92 Å². The van der Waals surface area contributed by atoms with Crippen LogP contribution in [0.3, 0.4) is 0 Å². The standard InChI is InChI=1S/C12H23N3O4S/c1-2-19-12(16)14-20(17,18)15-7-3-4-10(9-15)8-13-11-5-6-11/h10-11,13H,2-9H2,1H3,(H,14,16). The van der Waals surface area contributed by atoms with Gasteiger partial charge in [-0.3, -0.25) is 0 Å². The second kappa shape index (κ2) is 6.73. The van der Waals surface area contributed by atoms with Crippen molar-refractivity contribution in [2.24, 2.45) is 5.92 Å². The van der Waals surface area contributed by atoms with E-state index in [2.05, 4.69) is 10.1 Å². The largest absolute Gasteiger partial charge is 0.449 e. The van der Waals surface area contributed by atoms with Crippen LogP contribution in [0.1, 0.15) is 32.6 Å². The molecule has 0 spiro atoms. The lowest BCUT2D eigenvalue weighted by molar-refractivity contribution is 0.157. The average Bonchev–Trinajstić information content (AvgIpc) is 3.20. The zero-order valence-corrected chi connectivity index (χ0v) is 12.6. The van der Waals surface area contributed by atoms with E-state index in [-0.39, 0.29) is 6.61 Å². The number of ether oxygens (including phenoxy) is 1. The van der Waals surface area contributed by atoms with Gasteiger partial charge in [0.1, 0.15) is 0 Å². The summed E-state index contributed by atoms with van der Waals surface area (Å²) in [4.78, 5) is 11.3. The molecule has 1 saturated carbocycles. The van der Waals surface area contributed by atoms with Crippen LogP contribution in [0, 0.1) is 5.92 Å². The Labute approximate surface area is 120 Å². The maximum Gasteiger partial charge on any atom is 0.421 e. The van der Waals surface area contributed by atoms with E-state index in [1.807, 2.05) is 4.72 Å². The Morgan fingerprint density at radius 3 is 2.75 bits per heavy atom. The van der Waals surface area contributed by atoms with E-state index >= 15 is 0 Å². The van der Waals surface area contributed by atoms with Crippen LogP contribution in [0.25, 0.3) is 0 Å². The third-order valence-electron chi connectivity index (χ3n) is 3.58. The first-order chi connectivity index (χ1) is 9.51. The molecule has 0 aromatic heterocycles. The van der Waals surface area contributed by atoms with Crippen LogP contribution in [0.4, 0.5) is 4.79 Å². The van der Waals surface area contributed by atoms with Crippen molar-refractivity contribution in [2.75, 3.05) is 26.2 Å². The molecule has 20 heavy (non-hydrogen) atoms. The normalized spacial score (nSPS) is 24.4. The van der Waals surface area contributed by atoms with Crippen molar-refractivity contribution in [3.8, 4) is 0 Å². The van der Waals surface area contributed by atoms with Crippen molar-refractivity contribution < 1.29 is 17.9 Å². The molecule has 2 N–H and O–H groups in total. The van der Waals surface area contributed by atoms with E-state index in [1.165, 1.54) is 17.1 Å². The van der Waals surface area contributed by atoms with Crippen LogP contribution in [-0.4, -0.2) is 51.1 Å². The maximum atomic E-state index is 12.1. The van der Waals surface area contributed by atoms with Crippen molar-refractivity contribution in [3.05, 3.63) is 0 Å². The lowest BCUT2D eigenvalue weighted by Crippen LogP contribution is -2.49. The van der Waals surface area contributed by atoms with E-state index < -0.39 is 16.3 Å². The van der Waals surface area contributed by atoms with Gasteiger partial charge in [0.05, 0.1) is 6.61 Å². The van der Waals surface area contributed by atoms with Crippen molar-refractivity contribution in [1.82, 2.24) is 14.3 Å². The molecule has 1 aliphatic heterocycles. The molecule has 0 bridgehead atoms. The molecule has 1 saturated heterocycles. The molecule has 1 aliphatic carbocycles. The van der Waals surface area contributed by atoms with Crippen molar-refractivity contribution in [3.63, 3.8) is 0 Å². The second-order valence-corrected chi connectivity index (χ2v) is 7.05. The predicted molar refractivity (Wildman–Crippen MR) is 74.4 cm³/mol. The molecule has 2 fully saturated rings. The van der Waals surface area contributed by atoms with Crippen LogP contribution < -0.4 is 10.0 Å². The Hall–Kier alpha value is -0.860. The molecular weight excluding hydrogens is 282 g/mol. The molecule has 1 amide bonds. The molecule has 7 nitrogen and oxygen atoms in total. The van der Waals surface area contributed by atoms with Crippen molar-refractivity contribution >= 4 is 16.3 Å². The van der Waals surface area contributed by atoms with Crippen LogP contribution in [0.5, 0.6) is 0 Å². The van der Waals surface area contributed by atoms with E-state index in [0.717, 1.165) is 19.4 Å². The van der Waals surface area contributed by atoms with Gasteiger partial charge in [-0.1, -0.05) is 0 Å². The summed E-state index contributed by atoms with van der Waals surface area (Å²) >= 11 is 0. The van der Waals surface area contributed by atoms with Gasteiger partial charge in [0.2, 0.25) is 0 Å². The minimum Gasteiger partial charge on any atom is -0.449 e. The predicted octanol–water partition coefficient (Wildman–Crippen LogP) is 0.441. The average molecular weight is 305 g/mol. The topological polar surface area (TPSA) is 87.7 Å². The van der Waals surface area contributed by atoms with Gasteiger partial charge in [0, 0.05) is 19.1 Å². The highest BCUT2D eigenvalue weighted by molar-refractivity contribution is 7.87. The van der Waals surface area contributed by atoms with Crippen molar-refractivity contribution in [1.29, 1.82) is 0 Å². The molecular formula is C12H23N3O4S. The van der Waals surface area contributed by atoms with E-state index in [4.69, 9.17) is 0 Å². The SMILES string of the molecule is CCOC(=O)NS(=O)(=O)N1CCCC(CNC2CC2)C1. The monoisotopic (exact) mass is 305 g/mol. The van der Waals surface area contributed by atoms with Crippen LogP contribution in [0.2, 0.25) is 0 Å². The Morgan fingerprint density at radius 1 is 1.35 bits per heavy atom. The Kier molecular flexibility index (Phi) is 5.22. The van der Waals surface area contributed by atoms with Gasteiger partial charge >= 0.3 is 16.3 Å². The molecule has 116 valence electrons. The van der Waals surface area contributed by atoms with Gasteiger partial charge in [-0.05, 0) is 45.1 Å². The fourth-order valence-electron chi connectivity index (χ4n) is 2.36. The quantitative estimate of drug-likeness (QED) is 0.743. The summed E-state index contributed by atoms with van der Waals surface area (Å²) in [5.74, 6) is 0.308. The van der Waals surface area contributed by atoms with E-state index in [9.17, 15) is 13.2 Å². The number of nitrogens with one attached hydrogen (secondary N) is 2. The number of hydrogen-bond donors (Lipinski definition) is 2. The molecule has 1 atom stereocenters. The number of carbonyl (C=O) groups is 1. The molecule has 8 heteroatoms. The molecule has 0 radical (unpaired) electrons. The second-order valence-electron chi connectivity index (χ2n) is 5.38. The van der Waals surface area contributed by atoms with Gasteiger partial charge in [0.15, 0.2) is 0 Å². The van der Waals surface area contributed by atoms with Crippen molar-refractivity contribution in [2.45, 2.75) is 38.6 Å². The number of piperidine rings is 1. The fraction of sp³-hybridized carbons (Fsp3) is 0.917. The van der Waals surface area contributed by atoms with Gasteiger partial charge in [0.25, 0.3) is 0 Å². The Balaban J connectivity index is 1.84. The highest BCUT2D eigenvalue weighted by Gasteiger charge is 2.31. The lowest BCUT2D eigenvalue weighted by Gasteiger charge is -2.31. The first kappa shape index (κ1) is 15.5. The first-order valence-corrected chi connectivity index (χ1v) is 8.63. The summed E-state index contributed by atoms with van der Waals surface area (Å²) < 4.78 is 32.0. The lowest BCUT2D eigenvalue weighted by atomic mass is 10.00. The van der Waals surface area contributed by atoms with Gasteiger partial charge in [-0.15, -0.1) is 0 Å². The third kappa shape index (κ3) is 4.60. The summed E-state index contributed by atoms with van der Waals surface area (Å²) in [6, 6.07) is 0.625. The third-order valence-corrected chi connectivity index (χ3v) is 5.02.